The van der Waals surface area contributed by atoms with Gasteiger partial charge in [0.25, 0.3) is 0 Å². The number of terminal acetylenes is 1. The van der Waals surface area contributed by atoms with Gasteiger partial charge in [0, 0.05) is 17.6 Å². The number of hydrogen-bond donors (Lipinski definition) is 2. The highest BCUT2D eigenvalue weighted by Crippen LogP contribution is 2.34. The molecule has 0 aliphatic rings. The van der Waals surface area contributed by atoms with Crippen LogP contribution in [-0.2, 0) is 20.9 Å². The van der Waals surface area contributed by atoms with Gasteiger partial charge in [0.1, 0.15) is 17.7 Å². The van der Waals surface area contributed by atoms with Gasteiger partial charge in [-0.15, -0.1) is 6.42 Å². The maximum Gasteiger partial charge on any atom is 0.408 e. The molecule has 2 N–H and O–H groups in total. The van der Waals surface area contributed by atoms with Crippen molar-refractivity contribution in [2.24, 2.45) is 5.92 Å². The first kappa shape index (κ1) is 32.4. The number of carbonyl (C=O) groups excluding carboxylic acids is 3. The number of alkyl carbamates (subject to hydrolysis) is 1. The molecule has 2 rings (SSSR count). The minimum absolute atomic E-state index is 0.0822. The Morgan fingerprint density at radius 2 is 1.57 bits per heavy atom. The van der Waals surface area contributed by atoms with E-state index < -0.39 is 29.3 Å². The van der Waals surface area contributed by atoms with Crippen LogP contribution < -0.4 is 10.6 Å². The van der Waals surface area contributed by atoms with Gasteiger partial charge in [0.05, 0.1) is 0 Å². The standard InChI is InChI=1S/C33H45N3O4/c1-10-25-19-15-16-20-26(25)28(29(37)34-22-24-17-13-12-14-18-24)36(33(8,9)11-2)30(38)27(21-23(3)4)35-31(39)40-32(5,6)7/h1,12-20,23,27-28H,11,21-22H2,2-9H3,(H,34,37)(H,35,39). The molecule has 0 saturated heterocycles. The highest BCUT2D eigenvalue weighted by atomic mass is 16.6. The van der Waals surface area contributed by atoms with E-state index in [4.69, 9.17) is 11.2 Å². The lowest BCUT2D eigenvalue weighted by Gasteiger charge is -2.45. The quantitative estimate of drug-likeness (QED) is 0.339. The summed E-state index contributed by atoms with van der Waals surface area (Å²) >= 11 is 0. The highest BCUT2D eigenvalue weighted by Gasteiger charge is 2.43. The summed E-state index contributed by atoms with van der Waals surface area (Å²) in [6.07, 6.45) is 6.10. The van der Waals surface area contributed by atoms with Crippen LogP contribution in [0.4, 0.5) is 4.79 Å². The second-order valence-electron chi connectivity index (χ2n) is 12.0. The lowest BCUT2D eigenvalue weighted by molar-refractivity contribution is -0.149. The van der Waals surface area contributed by atoms with Crippen molar-refractivity contribution < 1.29 is 19.1 Å². The predicted octanol–water partition coefficient (Wildman–Crippen LogP) is 5.98. The fraction of sp³-hybridized carbons (Fsp3) is 0.485. The smallest absolute Gasteiger partial charge is 0.408 e. The molecule has 2 aromatic carbocycles. The van der Waals surface area contributed by atoms with Crippen molar-refractivity contribution >= 4 is 17.9 Å². The van der Waals surface area contributed by atoms with Crippen LogP contribution in [0.3, 0.4) is 0 Å². The van der Waals surface area contributed by atoms with Crippen molar-refractivity contribution in [2.45, 2.75) is 98.0 Å². The average Bonchev–Trinajstić information content (AvgIpc) is 2.88. The van der Waals surface area contributed by atoms with Crippen LogP contribution in [0.2, 0.25) is 0 Å². The molecule has 0 spiro atoms. The van der Waals surface area contributed by atoms with E-state index in [1.165, 1.54) is 0 Å². The summed E-state index contributed by atoms with van der Waals surface area (Å²) in [4.78, 5) is 43.0. The molecule has 0 fully saturated rings. The van der Waals surface area contributed by atoms with E-state index in [9.17, 15) is 14.4 Å². The normalized spacial score (nSPS) is 13.1. The Bertz CT molecular complexity index is 1190. The molecule has 2 aromatic rings. The topological polar surface area (TPSA) is 87.7 Å². The van der Waals surface area contributed by atoms with E-state index in [0.717, 1.165) is 5.56 Å². The lowest BCUT2D eigenvalue weighted by atomic mass is 9.89. The third-order valence-electron chi connectivity index (χ3n) is 6.68. The largest absolute Gasteiger partial charge is 0.444 e. The van der Waals surface area contributed by atoms with E-state index in [0.29, 0.717) is 24.0 Å². The third-order valence-corrected chi connectivity index (χ3v) is 6.68. The van der Waals surface area contributed by atoms with Crippen LogP contribution in [-0.4, -0.2) is 40.0 Å². The Morgan fingerprint density at radius 3 is 2.12 bits per heavy atom. The lowest BCUT2D eigenvalue weighted by Crippen LogP contribution is -2.59. The Hall–Kier alpha value is -3.79. The van der Waals surface area contributed by atoms with E-state index in [1.54, 1.807) is 49.9 Å². The molecule has 216 valence electrons. The Labute approximate surface area is 240 Å². The van der Waals surface area contributed by atoms with Crippen LogP contribution >= 0.6 is 0 Å². The fourth-order valence-electron chi connectivity index (χ4n) is 4.40. The van der Waals surface area contributed by atoms with Gasteiger partial charge >= 0.3 is 6.09 Å². The summed E-state index contributed by atoms with van der Waals surface area (Å²) < 4.78 is 5.48. The second kappa shape index (κ2) is 14.0. The molecule has 3 amide bonds. The monoisotopic (exact) mass is 547 g/mol. The van der Waals surface area contributed by atoms with Crippen LogP contribution in [0.15, 0.2) is 54.6 Å². The SMILES string of the molecule is C#Cc1ccccc1C(C(=O)NCc1ccccc1)N(C(=O)C(CC(C)C)NC(=O)OC(C)(C)C)C(C)(C)CC. The molecular formula is C33H45N3O4. The maximum atomic E-state index is 14.5. The van der Waals surface area contributed by atoms with Gasteiger partial charge in [-0.3, -0.25) is 9.59 Å². The number of nitrogens with zero attached hydrogens (tertiary/aromatic N) is 1. The number of carbonyl (C=O) groups is 3. The van der Waals surface area contributed by atoms with Crippen molar-refractivity contribution in [3.05, 3.63) is 71.3 Å². The summed E-state index contributed by atoms with van der Waals surface area (Å²) in [6.45, 7) is 15.3. The minimum atomic E-state index is -1.03. The highest BCUT2D eigenvalue weighted by molar-refractivity contribution is 5.93. The molecule has 0 radical (unpaired) electrons. The first-order chi connectivity index (χ1) is 18.7. The van der Waals surface area contributed by atoms with Crippen molar-refractivity contribution in [2.75, 3.05) is 0 Å². The number of amides is 3. The summed E-state index contributed by atoms with van der Waals surface area (Å²) in [5, 5.41) is 5.81. The second-order valence-corrected chi connectivity index (χ2v) is 12.0. The Balaban J connectivity index is 2.63. The van der Waals surface area contributed by atoms with Crippen LogP contribution in [0.1, 0.15) is 91.0 Å². The molecular weight excluding hydrogens is 502 g/mol. The van der Waals surface area contributed by atoms with Crippen molar-refractivity contribution in [3.8, 4) is 12.3 Å². The first-order valence-electron chi connectivity index (χ1n) is 13.9. The maximum absolute atomic E-state index is 14.5. The molecule has 2 atom stereocenters. The van der Waals surface area contributed by atoms with Gasteiger partial charge in [-0.2, -0.15) is 0 Å². The molecule has 0 aliphatic carbocycles. The summed E-state index contributed by atoms with van der Waals surface area (Å²) in [5.41, 5.74) is 0.498. The summed E-state index contributed by atoms with van der Waals surface area (Å²) in [6, 6.07) is 14.8. The first-order valence-corrected chi connectivity index (χ1v) is 13.9. The molecule has 0 bridgehead atoms. The molecule has 7 heteroatoms. The molecule has 7 nitrogen and oxygen atoms in total. The summed E-state index contributed by atoms with van der Waals surface area (Å²) in [7, 11) is 0. The van der Waals surface area contributed by atoms with E-state index >= 15 is 0 Å². The molecule has 0 aliphatic heterocycles. The van der Waals surface area contributed by atoms with Crippen LogP contribution in [0.5, 0.6) is 0 Å². The zero-order chi connectivity index (χ0) is 30.1. The van der Waals surface area contributed by atoms with E-state index in [-0.39, 0.29) is 24.3 Å². The number of hydrogen-bond acceptors (Lipinski definition) is 4. The van der Waals surface area contributed by atoms with Gasteiger partial charge < -0.3 is 20.3 Å². The number of rotatable bonds is 11. The van der Waals surface area contributed by atoms with Crippen molar-refractivity contribution in [3.63, 3.8) is 0 Å². The molecule has 0 aromatic heterocycles. The molecule has 40 heavy (non-hydrogen) atoms. The summed E-state index contributed by atoms with van der Waals surface area (Å²) in [5.74, 6) is 2.03. The fourth-order valence-corrected chi connectivity index (χ4v) is 4.40. The zero-order valence-corrected chi connectivity index (χ0v) is 25.2. The van der Waals surface area contributed by atoms with Crippen molar-refractivity contribution in [1.82, 2.24) is 15.5 Å². The van der Waals surface area contributed by atoms with Crippen LogP contribution in [0.25, 0.3) is 0 Å². The number of ether oxygens (including phenoxy) is 1. The van der Waals surface area contributed by atoms with Gasteiger partial charge in [-0.05, 0) is 70.6 Å². The molecule has 0 heterocycles. The van der Waals surface area contributed by atoms with Gasteiger partial charge in [0.2, 0.25) is 11.8 Å². The van der Waals surface area contributed by atoms with Gasteiger partial charge in [-0.1, -0.05) is 75.2 Å². The molecule has 0 saturated carbocycles. The Morgan fingerprint density at radius 1 is 0.975 bits per heavy atom. The van der Waals surface area contributed by atoms with E-state index in [1.807, 2.05) is 65.0 Å². The zero-order valence-electron chi connectivity index (χ0n) is 25.2. The average molecular weight is 548 g/mol. The Kier molecular flexibility index (Phi) is 11.4. The number of nitrogens with one attached hydrogen (secondary N) is 2. The predicted molar refractivity (Wildman–Crippen MR) is 159 cm³/mol. The van der Waals surface area contributed by atoms with Gasteiger partial charge in [-0.25, -0.2) is 4.79 Å². The number of benzene rings is 2. The van der Waals surface area contributed by atoms with E-state index in [2.05, 4.69) is 16.6 Å². The van der Waals surface area contributed by atoms with Crippen LogP contribution in [0, 0.1) is 18.3 Å². The van der Waals surface area contributed by atoms with Crippen molar-refractivity contribution in [1.29, 1.82) is 0 Å². The molecule has 2 unspecified atom stereocenters. The van der Waals surface area contributed by atoms with Gasteiger partial charge in [0.15, 0.2) is 0 Å². The minimum Gasteiger partial charge on any atom is -0.444 e. The third kappa shape index (κ3) is 9.15.